The molecule has 0 aliphatic carbocycles. The number of rotatable bonds is 4. The normalized spacial score (nSPS) is 27.5. The summed E-state index contributed by atoms with van der Waals surface area (Å²) in [6.45, 7) is 0.889. The quantitative estimate of drug-likeness (QED) is 0.914. The average molecular weight is 331 g/mol. The van der Waals surface area contributed by atoms with E-state index >= 15 is 0 Å². The SMILES string of the molecule is COc1ccc(Cl)c(CN(C)C2CC3CCC(C2)N3)c1.Cl. The number of piperidine rings is 1. The Morgan fingerprint density at radius 1 is 1.29 bits per heavy atom. The zero-order valence-electron chi connectivity index (χ0n) is 12.6. The van der Waals surface area contributed by atoms with Crippen molar-refractivity contribution < 1.29 is 4.74 Å². The lowest BCUT2D eigenvalue weighted by molar-refractivity contribution is 0.166. The van der Waals surface area contributed by atoms with Crippen molar-refractivity contribution in [3.8, 4) is 5.75 Å². The highest BCUT2D eigenvalue weighted by Gasteiger charge is 2.35. The van der Waals surface area contributed by atoms with Gasteiger partial charge in [-0.3, -0.25) is 4.90 Å². The summed E-state index contributed by atoms with van der Waals surface area (Å²) in [7, 11) is 3.91. The minimum atomic E-state index is 0. The number of benzene rings is 1. The molecule has 2 fully saturated rings. The Labute approximate surface area is 138 Å². The van der Waals surface area contributed by atoms with Crippen LogP contribution in [0.1, 0.15) is 31.2 Å². The summed E-state index contributed by atoms with van der Waals surface area (Å²) in [5, 5.41) is 4.52. The van der Waals surface area contributed by atoms with Crippen molar-refractivity contribution in [3.63, 3.8) is 0 Å². The predicted octanol–water partition coefficient (Wildman–Crippen LogP) is 3.49. The molecule has 2 aliphatic heterocycles. The van der Waals surface area contributed by atoms with Crippen LogP contribution in [0, 0.1) is 0 Å². The van der Waals surface area contributed by atoms with Gasteiger partial charge in [-0.15, -0.1) is 12.4 Å². The van der Waals surface area contributed by atoms with Crippen molar-refractivity contribution in [2.45, 2.75) is 50.4 Å². The van der Waals surface area contributed by atoms with Gasteiger partial charge in [-0.25, -0.2) is 0 Å². The molecule has 3 nitrogen and oxygen atoms in total. The van der Waals surface area contributed by atoms with Gasteiger partial charge >= 0.3 is 0 Å². The number of ether oxygens (including phenoxy) is 1. The van der Waals surface area contributed by atoms with E-state index in [2.05, 4.69) is 23.3 Å². The van der Waals surface area contributed by atoms with Gasteiger partial charge in [0.2, 0.25) is 0 Å². The molecule has 0 amide bonds. The smallest absolute Gasteiger partial charge is 0.119 e. The molecule has 1 aromatic carbocycles. The van der Waals surface area contributed by atoms with Crippen LogP contribution in [0.5, 0.6) is 5.75 Å². The number of hydrogen-bond acceptors (Lipinski definition) is 3. The second kappa shape index (κ2) is 7.19. The van der Waals surface area contributed by atoms with Gasteiger partial charge in [-0.1, -0.05) is 11.6 Å². The average Bonchev–Trinajstić information content (AvgIpc) is 2.79. The van der Waals surface area contributed by atoms with E-state index in [0.717, 1.165) is 35.0 Å². The molecule has 1 aromatic rings. The maximum atomic E-state index is 6.31. The Balaban J connectivity index is 0.00000161. The van der Waals surface area contributed by atoms with Crippen LogP contribution < -0.4 is 10.1 Å². The van der Waals surface area contributed by atoms with Gasteiger partial charge in [0.15, 0.2) is 0 Å². The highest BCUT2D eigenvalue weighted by atomic mass is 35.5. The molecule has 2 bridgehead atoms. The lowest BCUT2D eigenvalue weighted by Crippen LogP contribution is -2.46. The summed E-state index contributed by atoms with van der Waals surface area (Å²) >= 11 is 6.31. The van der Waals surface area contributed by atoms with E-state index in [1.54, 1.807) is 7.11 Å². The zero-order chi connectivity index (χ0) is 14.1. The number of methoxy groups -OCH3 is 1. The van der Waals surface area contributed by atoms with Crippen molar-refractivity contribution >= 4 is 24.0 Å². The van der Waals surface area contributed by atoms with E-state index in [1.807, 2.05) is 12.1 Å². The molecule has 118 valence electrons. The Morgan fingerprint density at radius 2 is 1.95 bits per heavy atom. The Bertz CT molecular complexity index is 471. The fourth-order valence-electron chi connectivity index (χ4n) is 3.58. The molecule has 1 N–H and O–H groups in total. The molecule has 2 heterocycles. The second-order valence-corrected chi connectivity index (χ2v) is 6.54. The molecular formula is C16H24Cl2N2O. The fraction of sp³-hybridized carbons (Fsp3) is 0.625. The number of halogens is 2. The number of fused-ring (bicyclic) bond motifs is 2. The van der Waals surface area contributed by atoms with Crippen molar-refractivity contribution in [1.82, 2.24) is 10.2 Å². The number of hydrogen-bond donors (Lipinski definition) is 1. The molecule has 0 aromatic heterocycles. The van der Waals surface area contributed by atoms with E-state index in [9.17, 15) is 0 Å². The van der Waals surface area contributed by atoms with Gasteiger partial charge in [0.05, 0.1) is 7.11 Å². The molecule has 3 rings (SSSR count). The van der Waals surface area contributed by atoms with Crippen molar-refractivity contribution in [2.75, 3.05) is 14.2 Å². The molecule has 21 heavy (non-hydrogen) atoms. The molecule has 2 atom stereocenters. The first-order valence-electron chi connectivity index (χ1n) is 7.44. The fourth-order valence-corrected chi connectivity index (χ4v) is 3.76. The topological polar surface area (TPSA) is 24.5 Å². The van der Waals surface area contributed by atoms with Crippen LogP contribution in [0.25, 0.3) is 0 Å². The van der Waals surface area contributed by atoms with Crippen molar-refractivity contribution in [1.29, 1.82) is 0 Å². The van der Waals surface area contributed by atoms with E-state index in [1.165, 1.54) is 25.7 Å². The van der Waals surface area contributed by atoms with Gasteiger partial charge in [0, 0.05) is 29.7 Å². The first-order chi connectivity index (χ1) is 9.65. The van der Waals surface area contributed by atoms with E-state index in [0.29, 0.717) is 6.04 Å². The first kappa shape index (κ1) is 16.9. The summed E-state index contributed by atoms with van der Waals surface area (Å²) in [4.78, 5) is 2.45. The van der Waals surface area contributed by atoms with Crippen LogP contribution in [0.3, 0.4) is 0 Å². The predicted molar refractivity (Wildman–Crippen MR) is 89.7 cm³/mol. The summed E-state index contributed by atoms with van der Waals surface area (Å²) in [6.07, 6.45) is 5.20. The lowest BCUT2D eigenvalue weighted by Gasteiger charge is -2.35. The highest BCUT2D eigenvalue weighted by Crippen LogP contribution is 2.31. The third kappa shape index (κ3) is 3.84. The summed E-state index contributed by atoms with van der Waals surface area (Å²) in [5.74, 6) is 0.878. The number of nitrogens with one attached hydrogen (secondary N) is 1. The van der Waals surface area contributed by atoms with Gasteiger partial charge in [-0.05, 0) is 56.5 Å². The molecule has 2 saturated heterocycles. The minimum Gasteiger partial charge on any atom is -0.497 e. The zero-order valence-corrected chi connectivity index (χ0v) is 14.2. The number of nitrogens with zero attached hydrogens (tertiary/aromatic N) is 1. The lowest BCUT2D eigenvalue weighted by atomic mass is 9.98. The van der Waals surface area contributed by atoms with Crippen LogP contribution in [0.4, 0.5) is 0 Å². The molecule has 2 aliphatic rings. The van der Waals surface area contributed by atoms with Crippen molar-refractivity contribution in [2.24, 2.45) is 0 Å². The van der Waals surface area contributed by atoms with Crippen LogP contribution in [-0.2, 0) is 6.54 Å². The first-order valence-corrected chi connectivity index (χ1v) is 7.82. The highest BCUT2D eigenvalue weighted by molar-refractivity contribution is 6.31. The molecule has 0 saturated carbocycles. The maximum Gasteiger partial charge on any atom is 0.119 e. The van der Waals surface area contributed by atoms with E-state index in [-0.39, 0.29) is 12.4 Å². The third-order valence-corrected chi connectivity index (χ3v) is 5.11. The van der Waals surface area contributed by atoms with Crippen LogP contribution in [-0.4, -0.2) is 37.2 Å². The summed E-state index contributed by atoms with van der Waals surface area (Å²) in [5.41, 5.74) is 1.15. The van der Waals surface area contributed by atoms with Gasteiger partial charge in [0.1, 0.15) is 5.75 Å². The second-order valence-electron chi connectivity index (χ2n) is 6.14. The molecule has 0 spiro atoms. The molecular weight excluding hydrogens is 307 g/mol. The summed E-state index contributed by atoms with van der Waals surface area (Å²) in [6, 6.07) is 8.00. The Hall–Kier alpha value is -0.480. The Kier molecular flexibility index (Phi) is 5.78. The van der Waals surface area contributed by atoms with Crippen LogP contribution in [0.2, 0.25) is 5.02 Å². The molecule has 2 unspecified atom stereocenters. The summed E-state index contributed by atoms with van der Waals surface area (Å²) < 4.78 is 5.29. The van der Waals surface area contributed by atoms with E-state index < -0.39 is 0 Å². The maximum absolute atomic E-state index is 6.31. The minimum absolute atomic E-state index is 0. The largest absolute Gasteiger partial charge is 0.497 e. The third-order valence-electron chi connectivity index (χ3n) is 4.74. The monoisotopic (exact) mass is 330 g/mol. The van der Waals surface area contributed by atoms with Gasteiger partial charge in [-0.2, -0.15) is 0 Å². The molecule has 0 radical (unpaired) electrons. The van der Waals surface area contributed by atoms with Crippen LogP contribution >= 0.6 is 24.0 Å². The van der Waals surface area contributed by atoms with E-state index in [4.69, 9.17) is 16.3 Å². The standard InChI is InChI=1S/C16H23ClN2O.ClH/c1-19(14-8-12-3-4-13(9-14)18-12)10-11-7-15(20-2)5-6-16(11)17;/h5-7,12-14,18H,3-4,8-10H2,1-2H3;1H. The van der Waals surface area contributed by atoms with Gasteiger partial charge < -0.3 is 10.1 Å². The van der Waals surface area contributed by atoms with Crippen molar-refractivity contribution in [3.05, 3.63) is 28.8 Å². The molecule has 5 heteroatoms. The Morgan fingerprint density at radius 3 is 2.57 bits per heavy atom. The van der Waals surface area contributed by atoms with Crippen LogP contribution in [0.15, 0.2) is 18.2 Å². The van der Waals surface area contributed by atoms with Gasteiger partial charge in [0.25, 0.3) is 0 Å².